The zero-order valence-corrected chi connectivity index (χ0v) is 11.6. The molecule has 1 aromatic heterocycles. The fraction of sp³-hybridized carbons (Fsp3) is 0.267. The molecule has 1 saturated heterocycles. The first-order valence-electron chi connectivity index (χ1n) is 6.98. The Kier molecular flexibility index (Phi) is 4.07. The second kappa shape index (κ2) is 6.32. The number of nitrogens with one attached hydrogen (secondary N) is 2. The van der Waals surface area contributed by atoms with Crippen LogP contribution in [0, 0.1) is 0 Å². The van der Waals surface area contributed by atoms with Gasteiger partial charge in [-0.3, -0.25) is 4.79 Å². The van der Waals surface area contributed by atoms with Crippen molar-refractivity contribution >= 4 is 17.5 Å². The first-order valence-corrected chi connectivity index (χ1v) is 6.98. The smallest absolute Gasteiger partial charge is 0.272 e. The molecule has 2 heterocycles. The number of hydrogen-bond donors (Lipinski definition) is 2. The van der Waals surface area contributed by atoms with Crippen molar-refractivity contribution in [3.8, 4) is 0 Å². The van der Waals surface area contributed by atoms with Crippen LogP contribution in [-0.4, -0.2) is 47.0 Å². The minimum atomic E-state index is -0.0463. The highest BCUT2D eigenvalue weighted by Crippen LogP contribution is 2.12. The Morgan fingerprint density at radius 3 is 2.67 bits per heavy atom. The highest BCUT2D eigenvalue weighted by atomic mass is 16.2. The Balaban J connectivity index is 1.75. The lowest BCUT2D eigenvalue weighted by Crippen LogP contribution is -2.46. The summed E-state index contributed by atoms with van der Waals surface area (Å²) in [6.07, 6.45) is 1.60. The van der Waals surface area contributed by atoms with Gasteiger partial charge in [-0.2, -0.15) is 0 Å². The molecule has 108 valence electrons. The molecule has 1 aromatic carbocycles. The van der Waals surface area contributed by atoms with E-state index in [1.165, 1.54) is 0 Å². The van der Waals surface area contributed by atoms with Crippen LogP contribution in [0.4, 0.5) is 11.6 Å². The molecule has 6 heteroatoms. The summed E-state index contributed by atoms with van der Waals surface area (Å²) in [5.41, 5.74) is 1.31. The lowest BCUT2D eigenvalue weighted by atomic mass is 10.3. The number of amides is 1. The molecule has 0 bridgehead atoms. The Morgan fingerprint density at radius 2 is 1.90 bits per heavy atom. The lowest BCUT2D eigenvalue weighted by molar-refractivity contribution is 0.0730. The molecule has 1 fully saturated rings. The van der Waals surface area contributed by atoms with Gasteiger partial charge in [0.1, 0.15) is 5.69 Å². The molecular weight excluding hydrogens is 266 g/mol. The third kappa shape index (κ3) is 3.35. The Morgan fingerprint density at radius 1 is 1.14 bits per heavy atom. The number of para-hydroxylation sites is 1. The maximum Gasteiger partial charge on any atom is 0.272 e. The van der Waals surface area contributed by atoms with E-state index < -0.39 is 0 Å². The number of nitrogens with zero attached hydrogens (tertiary/aromatic N) is 3. The van der Waals surface area contributed by atoms with Gasteiger partial charge in [-0.05, 0) is 18.2 Å². The highest BCUT2D eigenvalue weighted by Gasteiger charge is 2.19. The maximum atomic E-state index is 12.4. The van der Waals surface area contributed by atoms with Gasteiger partial charge < -0.3 is 15.5 Å². The molecule has 0 aliphatic carbocycles. The van der Waals surface area contributed by atoms with E-state index in [0.29, 0.717) is 24.7 Å². The van der Waals surface area contributed by atoms with Crippen molar-refractivity contribution in [3.05, 3.63) is 48.3 Å². The van der Waals surface area contributed by atoms with Gasteiger partial charge in [-0.1, -0.05) is 18.2 Å². The van der Waals surface area contributed by atoms with Crippen molar-refractivity contribution in [2.45, 2.75) is 0 Å². The largest absolute Gasteiger partial charge is 0.335 e. The van der Waals surface area contributed by atoms with Gasteiger partial charge in [0.25, 0.3) is 5.91 Å². The fourth-order valence-electron chi connectivity index (χ4n) is 2.22. The summed E-state index contributed by atoms with van der Waals surface area (Å²) < 4.78 is 0. The lowest BCUT2D eigenvalue weighted by Gasteiger charge is -2.27. The molecule has 1 amide bonds. The zero-order chi connectivity index (χ0) is 14.5. The second-order valence-corrected chi connectivity index (χ2v) is 4.80. The Hall–Kier alpha value is -2.47. The standard InChI is InChI=1S/C15H17N5O/c21-14(20-10-8-16-9-11-20)13-6-7-17-15(19-13)18-12-4-2-1-3-5-12/h1-7,16H,8-11H2,(H,17,18,19). The molecule has 6 nitrogen and oxygen atoms in total. The molecule has 0 radical (unpaired) electrons. The van der Waals surface area contributed by atoms with Gasteiger partial charge in [-0.25, -0.2) is 9.97 Å². The molecular formula is C15H17N5O. The van der Waals surface area contributed by atoms with Crippen LogP contribution in [0.1, 0.15) is 10.5 Å². The minimum Gasteiger partial charge on any atom is -0.335 e. The molecule has 0 spiro atoms. The van der Waals surface area contributed by atoms with Crippen molar-refractivity contribution in [3.63, 3.8) is 0 Å². The van der Waals surface area contributed by atoms with E-state index in [0.717, 1.165) is 18.8 Å². The first kappa shape index (κ1) is 13.5. The molecule has 3 rings (SSSR count). The van der Waals surface area contributed by atoms with Crippen LogP contribution in [0.2, 0.25) is 0 Å². The van der Waals surface area contributed by atoms with Crippen LogP contribution in [0.5, 0.6) is 0 Å². The molecule has 1 aliphatic rings. The van der Waals surface area contributed by atoms with Crippen molar-refractivity contribution < 1.29 is 4.79 Å². The molecule has 2 aromatic rings. The summed E-state index contributed by atoms with van der Waals surface area (Å²) in [6, 6.07) is 11.3. The predicted molar refractivity (Wildman–Crippen MR) is 80.5 cm³/mol. The van der Waals surface area contributed by atoms with E-state index in [-0.39, 0.29) is 5.91 Å². The molecule has 0 saturated carbocycles. The predicted octanol–water partition coefficient (Wildman–Crippen LogP) is 1.27. The fourth-order valence-corrected chi connectivity index (χ4v) is 2.22. The number of piperazine rings is 1. The van der Waals surface area contributed by atoms with Gasteiger partial charge in [0.2, 0.25) is 5.95 Å². The van der Waals surface area contributed by atoms with E-state index in [1.54, 1.807) is 12.3 Å². The van der Waals surface area contributed by atoms with Gasteiger partial charge in [0, 0.05) is 38.1 Å². The first-order chi connectivity index (χ1) is 10.3. The number of aromatic nitrogens is 2. The number of anilines is 2. The Labute approximate surface area is 123 Å². The van der Waals surface area contributed by atoms with E-state index in [2.05, 4.69) is 20.6 Å². The van der Waals surface area contributed by atoms with Crippen LogP contribution in [0.15, 0.2) is 42.6 Å². The van der Waals surface area contributed by atoms with Crippen molar-refractivity contribution in [2.24, 2.45) is 0 Å². The normalized spacial score (nSPS) is 14.8. The van der Waals surface area contributed by atoms with Gasteiger partial charge in [0.15, 0.2) is 0 Å². The van der Waals surface area contributed by atoms with Crippen LogP contribution in [0.3, 0.4) is 0 Å². The van der Waals surface area contributed by atoms with E-state index in [1.807, 2.05) is 35.2 Å². The van der Waals surface area contributed by atoms with Gasteiger partial charge >= 0.3 is 0 Å². The molecule has 0 atom stereocenters. The van der Waals surface area contributed by atoms with E-state index in [4.69, 9.17) is 0 Å². The van der Waals surface area contributed by atoms with Crippen molar-refractivity contribution in [1.82, 2.24) is 20.2 Å². The summed E-state index contributed by atoms with van der Waals surface area (Å²) in [5.74, 6) is 0.386. The summed E-state index contributed by atoms with van der Waals surface area (Å²) >= 11 is 0. The molecule has 0 unspecified atom stereocenters. The average molecular weight is 283 g/mol. The molecule has 1 aliphatic heterocycles. The average Bonchev–Trinajstić information content (AvgIpc) is 2.56. The van der Waals surface area contributed by atoms with Crippen LogP contribution in [-0.2, 0) is 0 Å². The summed E-state index contributed by atoms with van der Waals surface area (Å²) in [6.45, 7) is 3.08. The van der Waals surface area contributed by atoms with E-state index in [9.17, 15) is 4.79 Å². The van der Waals surface area contributed by atoms with Crippen LogP contribution >= 0.6 is 0 Å². The molecule has 21 heavy (non-hydrogen) atoms. The highest BCUT2D eigenvalue weighted by molar-refractivity contribution is 5.92. The summed E-state index contributed by atoms with van der Waals surface area (Å²) in [4.78, 5) is 22.7. The summed E-state index contributed by atoms with van der Waals surface area (Å²) in [7, 11) is 0. The third-order valence-electron chi connectivity index (χ3n) is 3.31. The number of benzene rings is 1. The topological polar surface area (TPSA) is 70.2 Å². The SMILES string of the molecule is O=C(c1ccnc(Nc2ccccc2)n1)N1CCNCC1. The van der Waals surface area contributed by atoms with Crippen LogP contribution in [0.25, 0.3) is 0 Å². The van der Waals surface area contributed by atoms with Crippen molar-refractivity contribution in [1.29, 1.82) is 0 Å². The zero-order valence-electron chi connectivity index (χ0n) is 11.6. The number of hydrogen-bond acceptors (Lipinski definition) is 5. The molecule has 2 N–H and O–H groups in total. The number of rotatable bonds is 3. The van der Waals surface area contributed by atoms with Gasteiger partial charge in [0.05, 0.1) is 0 Å². The third-order valence-corrected chi connectivity index (χ3v) is 3.31. The quantitative estimate of drug-likeness (QED) is 0.887. The number of carbonyl (C=O) groups excluding carboxylic acids is 1. The summed E-state index contributed by atoms with van der Waals surface area (Å²) in [5, 5.41) is 6.32. The van der Waals surface area contributed by atoms with Crippen molar-refractivity contribution in [2.75, 3.05) is 31.5 Å². The van der Waals surface area contributed by atoms with Gasteiger partial charge in [-0.15, -0.1) is 0 Å². The van der Waals surface area contributed by atoms with E-state index >= 15 is 0 Å². The monoisotopic (exact) mass is 283 g/mol. The Bertz CT molecular complexity index is 610. The minimum absolute atomic E-state index is 0.0463. The second-order valence-electron chi connectivity index (χ2n) is 4.80. The van der Waals surface area contributed by atoms with Crippen LogP contribution < -0.4 is 10.6 Å². The number of carbonyl (C=O) groups is 1. The maximum absolute atomic E-state index is 12.4.